The van der Waals surface area contributed by atoms with Crippen molar-refractivity contribution < 1.29 is 23.9 Å². The number of amides is 1. The highest BCUT2D eigenvalue weighted by Gasteiger charge is 2.12. The Kier molecular flexibility index (Phi) is 6.76. The van der Waals surface area contributed by atoms with Crippen LogP contribution < -0.4 is 10.4 Å². The number of hydrogen-bond acceptors (Lipinski definition) is 5. The summed E-state index contributed by atoms with van der Waals surface area (Å²) >= 11 is 0. The first-order valence-corrected chi connectivity index (χ1v) is 7.50. The summed E-state index contributed by atoms with van der Waals surface area (Å²) in [5.41, 5.74) is 0.423. The molecule has 0 aliphatic rings. The van der Waals surface area contributed by atoms with E-state index in [9.17, 15) is 9.36 Å². The molecule has 114 valence electrons. The van der Waals surface area contributed by atoms with E-state index < -0.39 is 7.75 Å². The van der Waals surface area contributed by atoms with E-state index in [1.54, 1.807) is 6.20 Å². The van der Waals surface area contributed by atoms with Crippen molar-refractivity contribution in [2.45, 2.75) is 20.0 Å². The average molecular weight is 307 g/mol. The Balaban J connectivity index is 2.17. The van der Waals surface area contributed by atoms with Gasteiger partial charge in [-0.25, -0.2) is 14.3 Å². The second-order valence-electron chi connectivity index (χ2n) is 3.95. The van der Waals surface area contributed by atoms with E-state index in [-0.39, 0.29) is 12.5 Å². The summed E-state index contributed by atoms with van der Waals surface area (Å²) in [7, 11) is -4.25. The maximum Gasteiger partial charge on any atom is 0.400 e. The highest BCUT2D eigenvalue weighted by Crippen LogP contribution is 2.28. The van der Waals surface area contributed by atoms with Crippen LogP contribution >= 0.6 is 7.75 Å². The fourth-order valence-electron chi connectivity index (χ4n) is 1.27. The predicted molar refractivity (Wildman–Crippen MR) is 68.4 cm³/mol. The van der Waals surface area contributed by atoms with Gasteiger partial charge < -0.3 is 19.8 Å². The molecule has 4 N–H and O–H groups in total. The topological polar surface area (TPSA) is 139 Å². The van der Waals surface area contributed by atoms with Crippen molar-refractivity contribution in [2.75, 3.05) is 19.8 Å². The fourth-order valence-corrected chi connectivity index (χ4v) is 1.64. The molecule has 0 aromatic carbocycles. The van der Waals surface area contributed by atoms with Gasteiger partial charge in [-0.05, 0) is 0 Å². The second kappa shape index (κ2) is 8.08. The Labute approximate surface area is 115 Å². The molecule has 0 atom stereocenters. The molecule has 20 heavy (non-hydrogen) atoms. The average Bonchev–Trinajstić information content (AvgIpc) is 2.78. The lowest BCUT2D eigenvalue weighted by Crippen LogP contribution is -2.24. The number of carbonyl (C=O) groups excluding carboxylic acids is 1. The fraction of sp³-hybridized carbons (Fsp3) is 0.667. The zero-order valence-electron chi connectivity index (χ0n) is 11.0. The summed E-state index contributed by atoms with van der Waals surface area (Å²) in [5, 5.41) is 12.2. The zero-order valence-corrected chi connectivity index (χ0v) is 11.9. The summed E-state index contributed by atoms with van der Waals surface area (Å²) in [6.45, 7) is 3.08. The minimum atomic E-state index is -4.25. The van der Waals surface area contributed by atoms with Gasteiger partial charge in [0.15, 0.2) is 0 Å². The first-order valence-electron chi connectivity index (χ1n) is 5.89. The highest BCUT2D eigenvalue weighted by molar-refractivity contribution is 7.49. The van der Waals surface area contributed by atoms with Crippen molar-refractivity contribution in [1.29, 1.82) is 0 Å². The molecule has 1 rings (SSSR count). The Morgan fingerprint density at radius 2 is 2.25 bits per heavy atom. The maximum atomic E-state index is 10.6. The van der Waals surface area contributed by atoms with Crippen molar-refractivity contribution in [3.63, 3.8) is 0 Å². The first kappa shape index (κ1) is 16.7. The first-order chi connectivity index (χ1) is 9.37. The summed E-state index contributed by atoms with van der Waals surface area (Å²) in [6.07, 6.45) is 1.57. The lowest BCUT2D eigenvalue weighted by molar-refractivity contribution is -0.119. The number of rotatable bonds is 9. The summed E-state index contributed by atoms with van der Waals surface area (Å²) in [6, 6.07) is 0. The second-order valence-corrected chi connectivity index (χ2v) is 5.35. The van der Waals surface area contributed by atoms with Gasteiger partial charge in [-0.15, -0.1) is 5.10 Å². The molecule has 0 saturated heterocycles. The Morgan fingerprint density at radius 1 is 1.50 bits per heavy atom. The van der Waals surface area contributed by atoms with Gasteiger partial charge in [-0.2, -0.15) is 0 Å². The number of nitrogens with zero attached hydrogens (tertiary/aromatic N) is 3. The molecular formula is C9H18N5O5P. The highest BCUT2D eigenvalue weighted by atomic mass is 31.2. The van der Waals surface area contributed by atoms with E-state index in [0.717, 1.165) is 0 Å². The van der Waals surface area contributed by atoms with Crippen LogP contribution in [0.5, 0.6) is 0 Å². The number of nitrogens with one attached hydrogen (secondary N) is 2. The standard InChI is InChI=1S/C9H18N5O5P/c1-8(15)10-2-4-19-5-3-14-7-9(12-13-14)6-11-20(16,17)18/h7H,2-6H2,1H3,(H,10,15)(H3,11,16,17,18). The molecular weight excluding hydrogens is 289 g/mol. The largest absolute Gasteiger partial charge is 0.400 e. The lowest BCUT2D eigenvalue weighted by atomic mass is 10.5. The third kappa shape index (κ3) is 7.97. The summed E-state index contributed by atoms with van der Waals surface area (Å²) in [4.78, 5) is 27.9. The van der Waals surface area contributed by atoms with Crippen molar-refractivity contribution >= 4 is 13.7 Å². The van der Waals surface area contributed by atoms with Gasteiger partial charge in [0.2, 0.25) is 5.91 Å². The predicted octanol–water partition coefficient (Wildman–Crippen LogP) is -1.39. The van der Waals surface area contributed by atoms with Gasteiger partial charge in [-0.3, -0.25) is 4.79 Å². The van der Waals surface area contributed by atoms with Gasteiger partial charge >= 0.3 is 7.75 Å². The molecule has 1 aromatic heterocycles. The molecule has 0 aliphatic heterocycles. The van der Waals surface area contributed by atoms with Crippen LogP contribution in [-0.4, -0.2) is 50.4 Å². The Bertz CT molecular complexity index is 473. The van der Waals surface area contributed by atoms with Crippen molar-refractivity contribution in [3.8, 4) is 0 Å². The molecule has 0 bridgehead atoms. The molecule has 0 saturated carbocycles. The van der Waals surface area contributed by atoms with E-state index in [4.69, 9.17) is 14.5 Å². The van der Waals surface area contributed by atoms with Crippen LogP contribution in [0.25, 0.3) is 0 Å². The number of hydrogen-bond donors (Lipinski definition) is 4. The third-order valence-electron chi connectivity index (χ3n) is 2.14. The summed E-state index contributed by atoms with van der Waals surface area (Å²) in [5.74, 6) is -0.105. The number of carbonyl (C=O) groups is 1. The van der Waals surface area contributed by atoms with Gasteiger partial charge in [0, 0.05) is 19.7 Å². The molecule has 1 aromatic rings. The lowest BCUT2D eigenvalue weighted by Gasteiger charge is -2.04. The molecule has 10 nitrogen and oxygen atoms in total. The van der Waals surface area contributed by atoms with E-state index in [2.05, 4.69) is 15.6 Å². The number of ether oxygens (including phenoxy) is 1. The minimum absolute atomic E-state index is 0.0618. The zero-order chi connectivity index (χ0) is 15.0. The third-order valence-corrected chi connectivity index (χ3v) is 2.71. The van der Waals surface area contributed by atoms with Crippen LogP contribution in [0.2, 0.25) is 0 Å². The Morgan fingerprint density at radius 3 is 2.90 bits per heavy atom. The van der Waals surface area contributed by atoms with E-state index in [1.807, 2.05) is 5.09 Å². The van der Waals surface area contributed by atoms with E-state index in [1.165, 1.54) is 11.6 Å². The van der Waals surface area contributed by atoms with Crippen molar-refractivity contribution in [1.82, 2.24) is 25.4 Å². The molecule has 1 amide bonds. The summed E-state index contributed by atoms with van der Waals surface area (Å²) < 4.78 is 17.4. The van der Waals surface area contributed by atoms with Crippen LogP contribution in [0.3, 0.4) is 0 Å². The Hall–Kier alpha value is -1.32. The van der Waals surface area contributed by atoms with Crippen LogP contribution in [0.15, 0.2) is 6.20 Å². The monoisotopic (exact) mass is 307 g/mol. The van der Waals surface area contributed by atoms with Crippen LogP contribution in [0.4, 0.5) is 0 Å². The van der Waals surface area contributed by atoms with Gasteiger partial charge in [0.05, 0.1) is 32.0 Å². The van der Waals surface area contributed by atoms with Crippen LogP contribution in [0.1, 0.15) is 12.6 Å². The molecule has 0 aliphatic carbocycles. The normalized spacial score (nSPS) is 11.6. The van der Waals surface area contributed by atoms with Crippen LogP contribution in [-0.2, 0) is 27.2 Å². The van der Waals surface area contributed by atoms with Crippen molar-refractivity contribution in [3.05, 3.63) is 11.9 Å². The van der Waals surface area contributed by atoms with Gasteiger partial charge in [-0.1, -0.05) is 5.21 Å². The van der Waals surface area contributed by atoms with Gasteiger partial charge in [0.25, 0.3) is 0 Å². The molecule has 1 heterocycles. The van der Waals surface area contributed by atoms with E-state index in [0.29, 0.717) is 32.0 Å². The SMILES string of the molecule is CC(=O)NCCOCCn1cc(CNP(=O)(O)O)nn1. The smallest absolute Gasteiger partial charge is 0.378 e. The quantitative estimate of drug-likeness (QED) is 0.323. The number of aromatic nitrogens is 3. The molecule has 0 fully saturated rings. The molecule has 11 heteroatoms. The minimum Gasteiger partial charge on any atom is -0.378 e. The van der Waals surface area contributed by atoms with E-state index >= 15 is 0 Å². The molecule has 0 unspecified atom stereocenters. The molecule has 0 radical (unpaired) electrons. The van der Waals surface area contributed by atoms with Gasteiger partial charge in [0.1, 0.15) is 0 Å². The maximum absolute atomic E-state index is 10.6. The van der Waals surface area contributed by atoms with Crippen molar-refractivity contribution in [2.24, 2.45) is 0 Å². The molecule has 0 spiro atoms. The van der Waals surface area contributed by atoms with Crippen LogP contribution in [0, 0.1) is 0 Å².